The molecule has 6 heteroatoms. The lowest BCUT2D eigenvalue weighted by atomic mass is 10.0. The first-order chi connectivity index (χ1) is 12.6. The Morgan fingerprint density at radius 1 is 1.12 bits per heavy atom. The molecule has 2 aromatic carbocycles. The zero-order chi connectivity index (χ0) is 18.5. The van der Waals surface area contributed by atoms with Crippen LogP contribution in [0.2, 0.25) is 5.02 Å². The lowest BCUT2D eigenvalue weighted by molar-refractivity contribution is -0.141. The molecule has 0 saturated carbocycles. The number of esters is 1. The second-order valence-corrected chi connectivity index (χ2v) is 6.11. The number of carbonyl (C=O) groups is 2. The number of ether oxygens (including phenoxy) is 1. The summed E-state index contributed by atoms with van der Waals surface area (Å²) in [4.78, 5) is 29.0. The van der Waals surface area contributed by atoms with Crippen molar-refractivity contribution in [3.8, 4) is 0 Å². The number of nitrogens with one attached hydrogen (secondary N) is 1. The van der Waals surface area contributed by atoms with E-state index in [0.717, 1.165) is 10.9 Å². The highest BCUT2D eigenvalue weighted by atomic mass is 35.5. The van der Waals surface area contributed by atoms with Crippen molar-refractivity contribution >= 4 is 34.4 Å². The molecular weight excluding hydrogens is 352 g/mol. The van der Waals surface area contributed by atoms with Gasteiger partial charge in [-0.1, -0.05) is 41.9 Å². The Kier molecular flexibility index (Phi) is 5.49. The van der Waals surface area contributed by atoms with Crippen LogP contribution in [0.1, 0.15) is 28.4 Å². The van der Waals surface area contributed by atoms with Crippen LogP contribution in [-0.2, 0) is 9.53 Å². The molecule has 0 fully saturated rings. The summed E-state index contributed by atoms with van der Waals surface area (Å²) in [6.45, 7) is 0. The monoisotopic (exact) mass is 368 g/mol. The quantitative estimate of drug-likeness (QED) is 0.693. The van der Waals surface area contributed by atoms with E-state index in [-0.39, 0.29) is 12.3 Å². The number of pyridine rings is 1. The van der Waals surface area contributed by atoms with Crippen molar-refractivity contribution in [3.63, 3.8) is 0 Å². The number of methoxy groups -OCH3 is 1. The summed E-state index contributed by atoms with van der Waals surface area (Å²) in [6, 6.07) is 15.4. The van der Waals surface area contributed by atoms with E-state index >= 15 is 0 Å². The third kappa shape index (κ3) is 3.83. The van der Waals surface area contributed by atoms with E-state index in [2.05, 4.69) is 10.3 Å². The average molecular weight is 369 g/mol. The number of carbonyl (C=O) groups excluding carboxylic acids is 2. The molecule has 26 heavy (non-hydrogen) atoms. The van der Waals surface area contributed by atoms with E-state index in [9.17, 15) is 9.59 Å². The van der Waals surface area contributed by atoms with E-state index in [4.69, 9.17) is 16.3 Å². The zero-order valence-corrected chi connectivity index (χ0v) is 14.9. The van der Waals surface area contributed by atoms with Crippen LogP contribution in [-0.4, -0.2) is 24.0 Å². The number of amides is 1. The molecule has 3 rings (SSSR count). The topological polar surface area (TPSA) is 68.3 Å². The van der Waals surface area contributed by atoms with E-state index in [0.29, 0.717) is 16.1 Å². The molecule has 1 atom stereocenters. The Balaban J connectivity index is 1.94. The standard InChI is InChI=1S/C20H17ClN2O3/c1-26-19(24)12-18(15-6-2-3-9-16(15)21)23-20(25)14-7-4-10-17-13(14)8-5-11-22-17/h2-11,18H,12H2,1H3,(H,23,25). The highest BCUT2D eigenvalue weighted by Gasteiger charge is 2.22. The maximum atomic E-state index is 12.9. The van der Waals surface area contributed by atoms with Gasteiger partial charge in [0.2, 0.25) is 0 Å². The van der Waals surface area contributed by atoms with Gasteiger partial charge in [-0.25, -0.2) is 0 Å². The predicted octanol–water partition coefficient (Wildman–Crippen LogP) is 3.92. The van der Waals surface area contributed by atoms with Crippen molar-refractivity contribution in [1.82, 2.24) is 10.3 Å². The van der Waals surface area contributed by atoms with Crippen molar-refractivity contribution in [2.24, 2.45) is 0 Å². The lowest BCUT2D eigenvalue weighted by Crippen LogP contribution is -2.30. The summed E-state index contributed by atoms with van der Waals surface area (Å²) in [5.74, 6) is -0.743. The maximum Gasteiger partial charge on any atom is 0.307 e. The summed E-state index contributed by atoms with van der Waals surface area (Å²) in [7, 11) is 1.31. The Bertz CT molecular complexity index is 953. The molecule has 1 unspecified atom stereocenters. The van der Waals surface area contributed by atoms with Gasteiger partial charge in [-0.2, -0.15) is 0 Å². The van der Waals surface area contributed by atoms with Crippen LogP contribution in [0.25, 0.3) is 10.9 Å². The van der Waals surface area contributed by atoms with Crippen molar-refractivity contribution in [1.29, 1.82) is 0 Å². The Morgan fingerprint density at radius 2 is 1.92 bits per heavy atom. The molecule has 3 aromatic rings. The Morgan fingerprint density at radius 3 is 2.69 bits per heavy atom. The van der Waals surface area contributed by atoms with Gasteiger partial charge < -0.3 is 10.1 Å². The molecule has 1 N–H and O–H groups in total. The molecule has 0 radical (unpaired) electrons. The van der Waals surface area contributed by atoms with Gasteiger partial charge in [-0.05, 0) is 29.8 Å². The summed E-state index contributed by atoms with van der Waals surface area (Å²) in [5.41, 5.74) is 1.87. The van der Waals surface area contributed by atoms with Gasteiger partial charge in [0.1, 0.15) is 0 Å². The van der Waals surface area contributed by atoms with Crippen LogP contribution >= 0.6 is 11.6 Å². The van der Waals surface area contributed by atoms with Crippen LogP contribution < -0.4 is 5.32 Å². The molecule has 0 aliphatic carbocycles. The largest absolute Gasteiger partial charge is 0.469 e. The molecule has 5 nitrogen and oxygen atoms in total. The fourth-order valence-corrected chi connectivity index (χ4v) is 3.05. The summed E-state index contributed by atoms with van der Waals surface area (Å²) >= 11 is 6.26. The summed E-state index contributed by atoms with van der Waals surface area (Å²) in [6.07, 6.45) is 1.66. The van der Waals surface area contributed by atoms with E-state index in [1.54, 1.807) is 48.7 Å². The third-order valence-electron chi connectivity index (χ3n) is 4.07. The van der Waals surface area contributed by atoms with Gasteiger partial charge in [0.05, 0.1) is 25.1 Å². The molecule has 1 amide bonds. The normalized spacial score (nSPS) is 11.8. The molecule has 0 aliphatic heterocycles. The van der Waals surface area contributed by atoms with Crippen molar-refractivity contribution in [3.05, 3.63) is 76.9 Å². The van der Waals surface area contributed by atoms with Gasteiger partial charge in [0, 0.05) is 22.2 Å². The predicted molar refractivity (Wildman–Crippen MR) is 100 cm³/mol. The van der Waals surface area contributed by atoms with Gasteiger partial charge in [0.25, 0.3) is 5.91 Å². The highest BCUT2D eigenvalue weighted by molar-refractivity contribution is 6.31. The lowest BCUT2D eigenvalue weighted by Gasteiger charge is -2.20. The summed E-state index contributed by atoms with van der Waals surface area (Å²) in [5, 5.41) is 4.11. The van der Waals surface area contributed by atoms with Crippen molar-refractivity contribution < 1.29 is 14.3 Å². The van der Waals surface area contributed by atoms with Crippen LogP contribution in [0.3, 0.4) is 0 Å². The van der Waals surface area contributed by atoms with Crippen molar-refractivity contribution in [2.75, 3.05) is 7.11 Å². The van der Waals surface area contributed by atoms with Crippen LogP contribution in [0.4, 0.5) is 0 Å². The van der Waals surface area contributed by atoms with Gasteiger partial charge in [0.15, 0.2) is 0 Å². The molecule has 132 valence electrons. The van der Waals surface area contributed by atoms with Gasteiger partial charge >= 0.3 is 5.97 Å². The zero-order valence-electron chi connectivity index (χ0n) is 14.1. The fourth-order valence-electron chi connectivity index (χ4n) is 2.78. The third-order valence-corrected chi connectivity index (χ3v) is 4.42. The van der Waals surface area contributed by atoms with Crippen LogP contribution in [0.15, 0.2) is 60.8 Å². The minimum absolute atomic E-state index is 0.0189. The fraction of sp³-hybridized carbons (Fsp3) is 0.150. The smallest absolute Gasteiger partial charge is 0.307 e. The van der Waals surface area contributed by atoms with E-state index < -0.39 is 12.0 Å². The second kappa shape index (κ2) is 7.97. The Hall–Kier alpha value is -2.92. The van der Waals surface area contributed by atoms with Gasteiger partial charge in [-0.15, -0.1) is 0 Å². The molecular formula is C20H17ClN2O3. The number of halogens is 1. The molecule has 0 saturated heterocycles. The van der Waals surface area contributed by atoms with E-state index in [1.165, 1.54) is 7.11 Å². The molecule has 0 spiro atoms. The SMILES string of the molecule is COC(=O)CC(NC(=O)c1cccc2ncccc12)c1ccccc1Cl. The second-order valence-electron chi connectivity index (χ2n) is 5.70. The minimum Gasteiger partial charge on any atom is -0.469 e. The number of hydrogen-bond donors (Lipinski definition) is 1. The maximum absolute atomic E-state index is 12.9. The first-order valence-electron chi connectivity index (χ1n) is 8.06. The number of nitrogens with zero attached hydrogens (tertiary/aromatic N) is 1. The van der Waals surface area contributed by atoms with E-state index in [1.807, 2.05) is 12.1 Å². The first-order valence-corrected chi connectivity index (χ1v) is 8.44. The highest BCUT2D eigenvalue weighted by Crippen LogP contribution is 2.26. The first kappa shape index (κ1) is 17.9. The summed E-state index contributed by atoms with van der Waals surface area (Å²) < 4.78 is 4.76. The van der Waals surface area contributed by atoms with Crippen LogP contribution in [0, 0.1) is 0 Å². The molecule has 0 bridgehead atoms. The molecule has 1 heterocycles. The molecule has 1 aromatic heterocycles. The minimum atomic E-state index is -0.601. The number of benzene rings is 2. The number of aromatic nitrogens is 1. The Labute approximate surface area is 156 Å². The van der Waals surface area contributed by atoms with Crippen LogP contribution in [0.5, 0.6) is 0 Å². The molecule has 0 aliphatic rings. The number of fused-ring (bicyclic) bond motifs is 1. The number of hydrogen-bond acceptors (Lipinski definition) is 4. The number of rotatable bonds is 5. The van der Waals surface area contributed by atoms with Crippen molar-refractivity contribution in [2.45, 2.75) is 12.5 Å². The van der Waals surface area contributed by atoms with Gasteiger partial charge in [-0.3, -0.25) is 14.6 Å². The average Bonchev–Trinajstić information content (AvgIpc) is 2.67.